The molecule has 32 heavy (non-hydrogen) atoms. The van der Waals surface area contributed by atoms with Gasteiger partial charge in [-0.25, -0.2) is 18.0 Å². The molecule has 1 atom stereocenters. The number of aryl methyl sites for hydroxylation is 3. The second-order valence-corrected chi connectivity index (χ2v) is 9.69. The normalized spacial score (nSPS) is 12.7. The van der Waals surface area contributed by atoms with Crippen molar-refractivity contribution in [1.82, 2.24) is 4.72 Å². The largest absolute Gasteiger partial charge is 0.425 e. The summed E-state index contributed by atoms with van der Waals surface area (Å²) < 4.78 is 39.2. The Kier molecular flexibility index (Phi) is 6.85. The molecular weight excluding hydrogens is 430 g/mol. The molecule has 0 aliphatic carbocycles. The smallest absolute Gasteiger partial charge is 0.339 e. The van der Waals surface area contributed by atoms with Gasteiger partial charge in [-0.3, -0.25) is 0 Å². The quantitative estimate of drug-likeness (QED) is 0.326. The number of nitrogens with one attached hydrogen (secondary N) is 1. The summed E-state index contributed by atoms with van der Waals surface area (Å²) in [7, 11) is -3.92. The Balaban J connectivity index is 1.96. The molecule has 7 nitrogen and oxygen atoms in total. The second kappa shape index (κ2) is 9.26. The van der Waals surface area contributed by atoms with Gasteiger partial charge in [0.15, 0.2) is 0 Å². The van der Waals surface area contributed by atoms with Crippen molar-refractivity contribution in [3.63, 3.8) is 0 Å². The van der Waals surface area contributed by atoms with Gasteiger partial charge in [-0.05, 0) is 69.5 Å². The highest BCUT2D eigenvalue weighted by Crippen LogP contribution is 2.31. The van der Waals surface area contributed by atoms with Crippen molar-refractivity contribution in [2.24, 2.45) is 0 Å². The molecule has 0 saturated heterocycles. The fraction of sp³-hybridized carbons (Fsp3) is 0.333. The minimum atomic E-state index is -3.92. The third-order valence-electron chi connectivity index (χ3n) is 5.36. The van der Waals surface area contributed by atoms with Crippen molar-refractivity contribution in [1.29, 1.82) is 0 Å². The van der Waals surface area contributed by atoms with E-state index in [0.717, 1.165) is 11.1 Å². The maximum absolute atomic E-state index is 13.0. The van der Waals surface area contributed by atoms with Crippen molar-refractivity contribution in [2.75, 3.05) is 0 Å². The van der Waals surface area contributed by atoms with Crippen LogP contribution in [0, 0.1) is 27.7 Å². The van der Waals surface area contributed by atoms with Crippen LogP contribution in [0.5, 0.6) is 5.75 Å². The van der Waals surface area contributed by atoms with E-state index in [1.165, 1.54) is 12.1 Å². The van der Waals surface area contributed by atoms with Crippen LogP contribution >= 0.6 is 0 Å². The predicted octanol–water partition coefficient (Wildman–Crippen LogP) is 4.08. The lowest BCUT2D eigenvalue weighted by molar-refractivity contribution is -0.136. The molecule has 0 aliphatic rings. The van der Waals surface area contributed by atoms with Gasteiger partial charge >= 0.3 is 11.6 Å². The Hall–Kier alpha value is -2.97. The first kappa shape index (κ1) is 23.7. The summed E-state index contributed by atoms with van der Waals surface area (Å²) in [6.07, 6.45) is 0.832. The van der Waals surface area contributed by atoms with Crippen molar-refractivity contribution in [3.8, 4) is 5.75 Å². The first-order valence-electron chi connectivity index (χ1n) is 10.4. The van der Waals surface area contributed by atoms with E-state index in [2.05, 4.69) is 4.72 Å². The summed E-state index contributed by atoms with van der Waals surface area (Å²) in [4.78, 5) is 25.2. The lowest BCUT2D eigenvalue weighted by atomic mass is 10.0. The maximum Gasteiger partial charge on any atom is 0.339 e. The number of ether oxygens (including phenoxy) is 1. The number of sulfonamides is 1. The van der Waals surface area contributed by atoms with Crippen LogP contribution in [0.25, 0.3) is 11.0 Å². The zero-order valence-electron chi connectivity index (χ0n) is 18.8. The molecule has 0 saturated carbocycles. The number of fused-ring (bicyclic) bond motifs is 1. The van der Waals surface area contributed by atoms with Crippen LogP contribution in [-0.4, -0.2) is 20.4 Å². The predicted molar refractivity (Wildman–Crippen MR) is 123 cm³/mol. The van der Waals surface area contributed by atoms with Gasteiger partial charge in [0.2, 0.25) is 10.0 Å². The average Bonchev–Trinajstić information content (AvgIpc) is 2.71. The Morgan fingerprint density at radius 3 is 2.31 bits per heavy atom. The summed E-state index contributed by atoms with van der Waals surface area (Å²) in [6.45, 7) is 8.89. The Bertz CT molecular complexity index is 1320. The zero-order valence-corrected chi connectivity index (χ0v) is 19.6. The Morgan fingerprint density at radius 1 is 1.03 bits per heavy atom. The summed E-state index contributed by atoms with van der Waals surface area (Å²) in [5.41, 5.74) is 2.59. The summed E-state index contributed by atoms with van der Waals surface area (Å²) in [5, 5.41) is 0.512. The minimum Gasteiger partial charge on any atom is -0.425 e. The molecule has 0 aliphatic heterocycles. The zero-order chi connectivity index (χ0) is 23.6. The number of esters is 1. The molecule has 0 radical (unpaired) electrons. The first-order valence-corrected chi connectivity index (χ1v) is 11.9. The van der Waals surface area contributed by atoms with Crippen LogP contribution in [-0.2, 0) is 14.8 Å². The SMILES string of the molecule is CCC[C@@H](NS(=O)(=O)c1ccc(C)cc1)C(=O)Oc1cc(C)cc2oc(=O)c(C)c(C)c12. The highest BCUT2D eigenvalue weighted by atomic mass is 32.2. The molecule has 0 unspecified atom stereocenters. The monoisotopic (exact) mass is 457 g/mol. The highest BCUT2D eigenvalue weighted by Gasteiger charge is 2.28. The Morgan fingerprint density at radius 2 is 1.69 bits per heavy atom. The van der Waals surface area contributed by atoms with Crippen LogP contribution in [0.1, 0.15) is 42.0 Å². The number of hydrogen-bond acceptors (Lipinski definition) is 6. The third-order valence-corrected chi connectivity index (χ3v) is 6.85. The average molecular weight is 458 g/mol. The number of hydrogen-bond donors (Lipinski definition) is 1. The molecule has 0 fully saturated rings. The standard InChI is InChI=1S/C24H27NO6S/c1-6-7-19(25-32(28,29)18-10-8-14(2)9-11-18)24(27)31-21-13-15(3)12-20-22(21)16(4)17(5)23(26)30-20/h8-13,19,25H,6-7H2,1-5H3/t19-/m1/s1. The van der Waals surface area contributed by atoms with E-state index in [0.29, 0.717) is 28.5 Å². The van der Waals surface area contributed by atoms with Crippen LogP contribution in [0.4, 0.5) is 0 Å². The van der Waals surface area contributed by atoms with Gasteiger partial charge in [-0.15, -0.1) is 0 Å². The molecule has 2 aromatic carbocycles. The molecule has 1 heterocycles. The molecule has 0 amide bonds. The second-order valence-electron chi connectivity index (χ2n) is 7.97. The lowest BCUT2D eigenvalue weighted by Gasteiger charge is -2.18. The number of benzene rings is 2. The van der Waals surface area contributed by atoms with Gasteiger partial charge in [0, 0.05) is 5.56 Å². The number of carbonyl (C=O) groups is 1. The molecule has 3 aromatic rings. The van der Waals surface area contributed by atoms with E-state index in [9.17, 15) is 18.0 Å². The number of rotatable bonds is 7. The van der Waals surface area contributed by atoms with Gasteiger partial charge < -0.3 is 9.15 Å². The van der Waals surface area contributed by atoms with E-state index >= 15 is 0 Å². The summed E-state index contributed by atoms with van der Waals surface area (Å²) in [6, 6.07) is 8.68. The van der Waals surface area contributed by atoms with Crippen molar-refractivity contribution in [2.45, 2.75) is 58.4 Å². The number of carbonyl (C=O) groups excluding carboxylic acids is 1. The van der Waals surface area contributed by atoms with Crippen LogP contribution in [0.2, 0.25) is 0 Å². The van der Waals surface area contributed by atoms with Crippen LogP contribution in [0.15, 0.2) is 50.5 Å². The summed E-state index contributed by atoms with van der Waals surface area (Å²) >= 11 is 0. The molecular formula is C24H27NO6S. The van der Waals surface area contributed by atoms with Crippen molar-refractivity contribution >= 4 is 27.0 Å². The van der Waals surface area contributed by atoms with Crippen LogP contribution < -0.4 is 15.1 Å². The van der Waals surface area contributed by atoms with E-state index in [-0.39, 0.29) is 17.1 Å². The first-order chi connectivity index (χ1) is 15.0. The molecule has 1 N–H and O–H groups in total. The highest BCUT2D eigenvalue weighted by molar-refractivity contribution is 7.89. The molecule has 0 bridgehead atoms. The van der Waals surface area contributed by atoms with E-state index in [1.54, 1.807) is 45.0 Å². The van der Waals surface area contributed by atoms with Crippen molar-refractivity contribution in [3.05, 3.63) is 69.1 Å². The van der Waals surface area contributed by atoms with Crippen molar-refractivity contribution < 1.29 is 22.4 Å². The van der Waals surface area contributed by atoms with E-state index < -0.39 is 27.7 Å². The molecule has 8 heteroatoms. The van der Waals surface area contributed by atoms with Gasteiger partial charge in [-0.2, -0.15) is 4.72 Å². The summed E-state index contributed by atoms with van der Waals surface area (Å²) in [5.74, 6) is -0.498. The topological polar surface area (TPSA) is 103 Å². The molecule has 0 spiro atoms. The lowest BCUT2D eigenvalue weighted by Crippen LogP contribution is -2.42. The van der Waals surface area contributed by atoms with Crippen LogP contribution in [0.3, 0.4) is 0 Å². The maximum atomic E-state index is 13.0. The minimum absolute atomic E-state index is 0.0752. The fourth-order valence-corrected chi connectivity index (χ4v) is 4.65. The molecule has 1 aromatic heterocycles. The molecule has 170 valence electrons. The molecule has 3 rings (SSSR count). The van der Waals surface area contributed by atoms with Gasteiger partial charge in [-0.1, -0.05) is 31.0 Å². The third kappa shape index (κ3) is 4.92. The van der Waals surface area contributed by atoms with E-state index in [1.807, 2.05) is 13.8 Å². The Labute approximate surface area is 187 Å². The van der Waals surface area contributed by atoms with Gasteiger partial charge in [0.05, 0.1) is 10.3 Å². The van der Waals surface area contributed by atoms with E-state index in [4.69, 9.17) is 9.15 Å². The van der Waals surface area contributed by atoms with Gasteiger partial charge in [0.1, 0.15) is 17.4 Å². The van der Waals surface area contributed by atoms with Gasteiger partial charge in [0.25, 0.3) is 0 Å². The fourth-order valence-electron chi connectivity index (χ4n) is 3.43.